The van der Waals surface area contributed by atoms with Gasteiger partial charge in [0.15, 0.2) is 15.8 Å². The number of ether oxygens (including phenoxy) is 2. The third kappa shape index (κ3) is 8.59. The number of sulfone groups is 1. The van der Waals surface area contributed by atoms with Crippen LogP contribution in [-0.2, 0) is 21.1 Å². The van der Waals surface area contributed by atoms with Gasteiger partial charge < -0.3 is 20.1 Å². The quantitative estimate of drug-likeness (QED) is 0.295. The van der Waals surface area contributed by atoms with E-state index in [1.807, 2.05) is 32.0 Å². The van der Waals surface area contributed by atoms with Crippen molar-refractivity contribution in [3.63, 3.8) is 0 Å². The van der Waals surface area contributed by atoms with Gasteiger partial charge in [-0.25, -0.2) is 13.4 Å². The monoisotopic (exact) mass is 447 g/mol. The predicted octanol–water partition coefficient (Wildman–Crippen LogP) is 2.94. The fourth-order valence-electron chi connectivity index (χ4n) is 2.87. The average molecular weight is 448 g/mol. The Morgan fingerprint density at radius 1 is 1.06 bits per heavy atom. The normalized spacial score (nSPS) is 11.9. The first-order valence-electron chi connectivity index (χ1n) is 10.5. The number of aliphatic imine (C=N–C) groups is 1. The lowest BCUT2D eigenvalue weighted by molar-refractivity contribution is 0.172. The summed E-state index contributed by atoms with van der Waals surface area (Å²) < 4.78 is 35.9. The molecule has 0 amide bonds. The smallest absolute Gasteiger partial charge is 0.191 e. The number of hydrogen-bond acceptors (Lipinski definition) is 5. The Bertz CT molecular complexity index is 931. The number of guanidine groups is 1. The summed E-state index contributed by atoms with van der Waals surface area (Å²) in [5, 5.41) is 6.27. The average Bonchev–Trinajstić information content (AvgIpc) is 2.76. The van der Waals surface area contributed by atoms with E-state index in [-0.39, 0.29) is 12.3 Å². The molecule has 2 N–H and O–H groups in total. The van der Waals surface area contributed by atoms with Crippen molar-refractivity contribution < 1.29 is 17.9 Å². The van der Waals surface area contributed by atoms with E-state index in [4.69, 9.17) is 9.47 Å². The summed E-state index contributed by atoms with van der Waals surface area (Å²) in [4.78, 5) is 4.93. The SMILES string of the molecule is CCNC(=NCc1ccc(C)cc1OCCCOC)NCCS(=O)(=O)c1ccccc1. The first-order chi connectivity index (χ1) is 15.0. The van der Waals surface area contributed by atoms with Crippen LogP contribution in [0.15, 0.2) is 58.4 Å². The van der Waals surface area contributed by atoms with Crippen LogP contribution < -0.4 is 15.4 Å². The minimum absolute atomic E-state index is 0.0141. The van der Waals surface area contributed by atoms with Gasteiger partial charge in [0.1, 0.15) is 5.75 Å². The third-order valence-electron chi connectivity index (χ3n) is 4.49. The Balaban J connectivity index is 1.99. The van der Waals surface area contributed by atoms with Gasteiger partial charge in [-0.1, -0.05) is 30.3 Å². The number of methoxy groups -OCH3 is 1. The number of nitrogens with one attached hydrogen (secondary N) is 2. The molecule has 0 spiro atoms. The summed E-state index contributed by atoms with van der Waals surface area (Å²) in [7, 11) is -1.67. The lowest BCUT2D eigenvalue weighted by atomic mass is 10.1. The highest BCUT2D eigenvalue weighted by molar-refractivity contribution is 7.91. The molecule has 2 aromatic rings. The Morgan fingerprint density at radius 2 is 1.84 bits per heavy atom. The van der Waals surface area contributed by atoms with Crippen LogP contribution in [0, 0.1) is 6.92 Å². The zero-order valence-electron chi connectivity index (χ0n) is 18.6. The maximum atomic E-state index is 12.4. The Morgan fingerprint density at radius 3 is 2.55 bits per heavy atom. The zero-order valence-corrected chi connectivity index (χ0v) is 19.4. The van der Waals surface area contributed by atoms with Crippen molar-refractivity contribution in [2.75, 3.05) is 39.2 Å². The van der Waals surface area contributed by atoms with Crippen LogP contribution in [0.3, 0.4) is 0 Å². The number of aryl methyl sites for hydroxylation is 1. The molecule has 2 aromatic carbocycles. The first-order valence-corrected chi connectivity index (χ1v) is 12.1. The van der Waals surface area contributed by atoms with Crippen molar-refractivity contribution in [2.24, 2.45) is 4.99 Å². The fourth-order valence-corrected chi connectivity index (χ4v) is 4.05. The van der Waals surface area contributed by atoms with E-state index in [2.05, 4.69) is 15.6 Å². The lowest BCUT2D eigenvalue weighted by Crippen LogP contribution is -2.39. The van der Waals surface area contributed by atoms with E-state index < -0.39 is 9.84 Å². The number of benzene rings is 2. The van der Waals surface area contributed by atoms with Crippen molar-refractivity contribution >= 4 is 15.8 Å². The van der Waals surface area contributed by atoms with E-state index in [0.717, 1.165) is 23.3 Å². The number of nitrogens with zero attached hydrogens (tertiary/aromatic N) is 1. The Kier molecular flexibility index (Phi) is 10.3. The first kappa shape index (κ1) is 24.7. The molecule has 0 bridgehead atoms. The molecule has 0 atom stereocenters. The molecule has 0 unspecified atom stereocenters. The molecule has 0 saturated heterocycles. The number of rotatable bonds is 12. The van der Waals surface area contributed by atoms with Crippen LogP contribution in [0.5, 0.6) is 5.75 Å². The molecule has 31 heavy (non-hydrogen) atoms. The fraction of sp³-hybridized carbons (Fsp3) is 0.435. The second-order valence-corrected chi connectivity index (χ2v) is 9.17. The van der Waals surface area contributed by atoms with Crippen LogP contribution in [0.25, 0.3) is 0 Å². The van der Waals surface area contributed by atoms with E-state index >= 15 is 0 Å². The summed E-state index contributed by atoms with van der Waals surface area (Å²) in [5.41, 5.74) is 2.09. The highest BCUT2D eigenvalue weighted by Crippen LogP contribution is 2.21. The van der Waals surface area contributed by atoms with Gasteiger partial charge in [0.25, 0.3) is 0 Å². The molecular weight excluding hydrogens is 414 g/mol. The molecule has 0 aromatic heterocycles. The summed E-state index contributed by atoms with van der Waals surface area (Å²) in [6.07, 6.45) is 0.813. The molecule has 0 saturated carbocycles. The van der Waals surface area contributed by atoms with Crippen molar-refractivity contribution in [3.05, 3.63) is 59.7 Å². The summed E-state index contributed by atoms with van der Waals surface area (Å²) >= 11 is 0. The van der Waals surface area contributed by atoms with Crippen molar-refractivity contribution in [2.45, 2.75) is 31.7 Å². The van der Waals surface area contributed by atoms with Crippen molar-refractivity contribution in [1.29, 1.82) is 0 Å². The van der Waals surface area contributed by atoms with E-state index in [1.54, 1.807) is 37.4 Å². The molecular formula is C23H33N3O4S. The van der Waals surface area contributed by atoms with Crippen LogP contribution in [-0.4, -0.2) is 53.5 Å². The Hall–Kier alpha value is -2.58. The summed E-state index contributed by atoms with van der Waals surface area (Å²) in [5.74, 6) is 1.36. The molecule has 0 aliphatic heterocycles. The molecule has 0 heterocycles. The van der Waals surface area contributed by atoms with E-state index in [9.17, 15) is 8.42 Å². The van der Waals surface area contributed by atoms with E-state index in [1.165, 1.54) is 0 Å². The lowest BCUT2D eigenvalue weighted by Gasteiger charge is -2.14. The molecule has 8 heteroatoms. The van der Waals surface area contributed by atoms with Crippen LogP contribution >= 0.6 is 0 Å². The van der Waals surface area contributed by atoms with Gasteiger partial charge in [0, 0.05) is 38.8 Å². The molecule has 170 valence electrons. The molecule has 0 aliphatic carbocycles. The molecule has 0 radical (unpaired) electrons. The largest absolute Gasteiger partial charge is 0.493 e. The Labute approximate surface area is 185 Å². The van der Waals surface area contributed by atoms with Gasteiger partial charge in [0.2, 0.25) is 0 Å². The molecule has 2 rings (SSSR count). The minimum atomic E-state index is -3.34. The maximum Gasteiger partial charge on any atom is 0.191 e. The minimum Gasteiger partial charge on any atom is -0.493 e. The second kappa shape index (κ2) is 13.0. The molecule has 0 fully saturated rings. The maximum absolute atomic E-state index is 12.4. The number of hydrogen-bond donors (Lipinski definition) is 2. The highest BCUT2D eigenvalue weighted by atomic mass is 32.2. The van der Waals surface area contributed by atoms with Crippen molar-refractivity contribution in [1.82, 2.24) is 10.6 Å². The van der Waals surface area contributed by atoms with Gasteiger partial charge in [-0.05, 0) is 37.6 Å². The third-order valence-corrected chi connectivity index (χ3v) is 6.22. The van der Waals surface area contributed by atoms with Gasteiger partial charge in [-0.15, -0.1) is 0 Å². The molecule has 7 nitrogen and oxygen atoms in total. The summed E-state index contributed by atoms with van der Waals surface area (Å²) in [6.45, 7) is 6.56. The van der Waals surface area contributed by atoms with Gasteiger partial charge in [0.05, 0.1) is 23.8 Å². The van der Waals surface area contributed by atoms with Crippen LogP contribution in [0.2, 0.25) is 0 Å². The summed E-state index contributed by atoms with van der Waals surface area (Å²) in [6, 6.07) is 14.5. The zero-order chi connectivity index (χ0) is 22.5. The second-order valence-electron chi connectivity index (χ2n) is 7.06. The van der Waals surface area contributed by atoms with Gasteiger partial charge >= 0.3 is 0 Å². The highest BCUT2D eigenvalue weighted by Gasteiger charge is 2.13. The standard InChI is InChI=1S/C23H33N3O4S/c1-4-24-23(25-13-16-31(27,28)21-9-6-5-7-10-21)26-18-20-12-11-19(2)17-22(20)30-15-8-14-29-3/h5-7,9-12,17H,4,8,13-16,18H2,1-3H3,(H2,24,25,26). The topological polar surface area (TPSA) is 89.0 Å². The van der Waals surface area contributed by atoms with E-state index in [0.29, 0.717) is 37.2 Å². The van der Waals surface area contributed by atoms with Crippen LogP contribution in [0.1, 0.15) is 24.5 Å². The van der Waals surface area contributed by atoms with Crippen molar-refractivity contribution in [3.8, 4) is 5.75 Å². The van der Waals surface area contributed by atoms with Crippen LogP contribution in [0.4, 0.5) is 0 Å². The van der Waals surface area contributed by atoms with Gasteiger partial charge in [-0.3, -0.25) is 0 Å². The van der Waals surface area contributed by atoms with Gasteiger partial charge in [-0.2, -0.15) is 0 Å². The molecule has 0 aliphatic rings. The predicted molar refractivity (Wildman–Crippen MR) is 124 cm³/mol.